The van der Waals surface area contributed by atoms with E-state index in [9.17, 15) is 8.42 Å². The van der Waals surface area contributed by atoms with Gasteiger partial charge < -0.3 is 9.84 Å². The summed E-state index contributed by atoms with van der Waals surface area (Å²) < 4.78 is 30.5. The number of ether oxygens (including phenoxy) is 1. The number of hydrogen-bond donors (Lipinski definition) is 2. The van der Waals surface area contributed by atoms with E-state index in [-0.39, 0.29) is 22.3 Å². The maximum absolute atomic E-state index is 11.7. The van der Waals surface area contributed by atoms with E-state index in [2.05, 4.69) is 4.72 Å². The lowest BCUT2D eigenvalue weighted by molar-refractivity contribution is 0.272. The van der Waals surface area contributed by atoms with Crippen molar-refractivity contribution in [1.29, 1.82) is 0 Å². The predicted octanol–water partition coefficient (Wildman–Crippen LogP) is 0.749. The molecule has 16 heavy (non-hydrogen) atoms. The second-order valence-corrected chi connectivity index (χ2v) is 5.25. The first-order valence-electron chi connectivity index (χ1n) is 4.37. The van der Waals surface area contributed by atoms with Crippen LogP contribution < -0.4 is 9.46 Å². The van der Waals surface area contributed by atoms with E-state index < -0.39 is 10.0 Å². The standard InChI is InChI=1S/C9H12ClNO4S/c1-11-16(13,14)8-4-7(10)3-6(5-12)9(8)15-2/h3-4,11-12H,5H2,1-2H3. The molecule has 0 bridgehead atoms. The number of sulfonamides is 1. The first-order valence-corrected chi connectivity index (χ1v) is 6.23. The largest absolute Gasteiger partial charge is 0.495 e. The summed E-state index contributed by atoms with van der Waals surface area (Å²) in [5.41, 5.74) is 0.323. The predicted molar refractivity (Wildman–Crippen MR) is 60.2 cm³/mol. The molecule has 0 amide bonds. The normalized spacial score (nSPS) is 11.5. The molecule has 7 heteroatoms. The highest BCUT2D eigenvalue weighted by Crippen LogP contribution is 2.31. The molecule has 0 fully saturated rings. The molecule has 90 valence electrons. The minimum absolute atomic E-state index is 0.0888. The van der Waals surface area contributed by atoms with Gasteiger partial charge in [0.15, 0.2) is 0 Å². The van der Waals surface area contributed by atoms with Gasteiger partial charge in [0.05, 0.1) is 13.7 Å². The second kappa shape index (κ2) is 5.01. The molecule has 0 aromatic heterocycles. The van der Waals surface area contributed by atoms with Gasteiger partial charge in [0, 0.05) is 10.6 Å². The van der Waals surface area contributed by atoms with Crippen LogP contribution in [0.2, 0.25) is 5.02 Å². The Balaban J connectivity index is 3.55. The summed E-state index contributed by atoms with van der Waals surface area (Å²) in [6.45, 7) is -0.351. The van der Waals surface area contributed by atoms with Crippen LogP contribution in [0, 0.1) is 0 Å². The molecule has 5 nitrogen and oxygen atoms in total. The van der Waals surface area contributed by atoms with Crippen LogP contribution in [0.5, 0.6) is 5.75 Å². The smallest absolute Gasteiger partial charge is 0.244 e. The number of rotatable bonds is 4. The molecular weight excluding hydrogens is 254 g/mol. The van der Waals surface area contributed by atoms with E-state index in [1.54, 1.807) is 0 Å². The highest BCUT2D eigenvalue weighted by atomic mass is 35.5. The average molecular weight is 266 g/mol. The summed E-state index contributed by atoms with van der Waals surface area (Å²) in [4.78, 5) is -0.0888. The Morgan fingerprint density at radius 2 is 2.12 bits per heavy atom. The fraction of sp³-hybridized carbons (Fsp3) is 0.333. The number of aliphatic hydroxyl groups excluding tert-OH is 1. The van der Waals surface area contributed by atoms with Crippen molar-refractivity contribution in [2.75, 3.05) is 14.2 Å². The van der Waals surface area contributed by atoms with Crippen molar-refractivity contribution in [1.82, 2.24) is 4.72 Å². The minimum Gasteiger partial charge on any atom is -0.495 e. The van der Waals surface area contributed by atoms with E-state index in [0.717, 1.165) is 0 Å². The van der Waals surface area contributed by atoms with Gasteiger partial charge in [0.1, 0.15) is 10.6 Å². The van der Waals surface area contributed by atoms with E-state index >= 15 is 0 Å². The van der Waals surface area contributed by atoms with Crippen molar-refractivity contribution in [3.63, 3.8) is 0 Å². The molecular formula is C9H12ClNO4S. The number of halogens is 1. The van der Waals surface area contributed by atoms with E-state index in [1.807, 2.05) is 0 Å². The summed E-state index contributed by atoms with van der Waals surface area (Å²) in [7, 11) is -1.05. The molecule has 0 aliphatic rings. The minimum atomic E-state index is -3.67. The van der Waals surface area contributed by atoms with Gasteiger partial charge in [-0.1, -0.05) is 11.6 Å². The molecule has 0 heterocycles. The zero-order chi connectivity index (χ0) is 12.3. The quantitative estimate of drug-likeness (QED) is 0.842. The summed E-state index contributed by atoms with van der Waals surface area (Å²) in [6, 6.07) is 2.72. The van der Waals surface area contributed by atoms with Gasteiger partial charge in [-0.3, -0.25) is 0 Å². The Morgan fingerprint density at radius 1 is 1.50 bits per heavy atom. The van der Waals surface area contributed by atoms with E-state index in [1.165, 1.54) is 26.3 Å². The number of hydrogen-bond acceptors (Lipinski definition) is 4. The van der Waals surface area contributed by atoms with Gasteiger partial charge in [0.2, 0.25) is 10.0 Å². The van der Waals surface area contributed by atoms with E-state index in [0.29, 0.717) is 5.56 Å². The van der Waals surface area contributed by atoms with E-state index in [4.69, 9.17) is 21.4 Å². The van der Waals surface area contributed by atoms with Gasteiger partial charge in [0.25, 0.3) is 0 Å². The monoisotopic (exact) mass is 265 g/mol. The summed E-state index contributed by atoms with van der Waals surface area (Å²) in [6.07, 6.45) is 0. The van der Waals surface area contributed by atoms with Crippen molar-refractivity contribution in [3.05, 3.63) is 22.7 Å². The Hall–Kier alpha value is -0.820. The van der Waals surface area contributed by atoms with Gasteiger partial charge in [-0.05, 0) is 19.2 Å². The Kier molecular flexibility index (Phi) is 4.15. The lowest BCUT2D eigenvalue weighted by Gasteiger charge is -2.12. The third-order valence-corrected chi connectivity index (χ3v) is 3.67. The first-order chi connectivity index (χ1) is 7.46. The highest BCUT2D eigenvalue weighted by molar-refractivity contribution is 7.89. The van der Waals surface area contributed by atoms with Gasteiger partial charge >= 0.3 is 0 Å². The van der Waals surface area contributed by atoms with Crippen LogP contribution in [0.4, 0.5) is 0 Å². The maximum Gasteiger partial charge on any atom is 0.244 e. The average Bonchev–Trinajstić information content (AvgIpc) is 2.27. The summed E-state index contributed by atoms with van der Waals surface area (Å²) in [5, 5.41) is 9.30. The van der Waals surface area contributed by atoms with Crippen LogP contribution in [0.15, 0.2) is 17.0 Å². The van der Waals surface area contributed by atoms with Crippen molar-refractivity contribution >= 4 is 21.6 Å². The molecule has 0 spiro atoms. The first kappa shape index (κ1) is 13.2. The Morgan fingerprint density at radius 3 is 2.56 bits per heavy atom. The number of methoxy groups -OCH3 is 1. The van der Waals surface area contributed by atoms with Crippen LogP contribution in [0.25, 0.3) is 0 Å². The topological polar surface area (TPSA) is 75.6 Å². The molecule has 2 N–H and O–H groups in total. The Bertz CT molecular complexity index is 487. The second-order valence-electron chi connectivity index (χ2n) is 2.96. The number of benzene rings is 1. The van der Waals surface area contributed by atoms with Crippen molar-refractivity contribution in [2.45, 2.75) is 11.5 Å². The SMILES string of the molecule is CNS(=O)(=O)c1cc(Cl)cc(CO)c1OC. The summed E-state index contributed by atoms with van der Waals surface area (Å²) >= 11 is 5.76. The zero-order valence-electron chi connectivity index (χ0n) is 8.82. The highest BCUT2D eigenvalue weighted by Gasteiger charge is 2.21. The molecule has 0 atom stereocenters. The van der Waals surface area contributed by atoms with Crippen LogP contribution in [-0.2, 0) is 16.6 Å². The third-order valence-electron chi connectivity index (χ3n) is 2.03. The van der Waals surface area contributed by atoms with Crippen molar-refractivity contribution in [3.8, 4) is 5.75 Å². The van der Waals surface area contributed by atoms with Gasteiger partial charge in [-0.2, -0.15) is 0 Å². The maximum atomic E-state index is 11.7. The van der Waals surface area contributed by atoms with Crippen molar-refractivity contribution in [2.24, 2.45) is 0 Å². The fourth-order valence-electron chi connectivity index (χ4n) is 1.28. The molecule has 1 aromatic rings. The Labute approximate surface area is 99.0 Å². The van der Waals surface area contributed by atoms with Crippen LogP contribution in [-0.4, -0.2) is 27.7 Å². The molecule has 1 rings (SSSR count). The number of nitrogens with one attached hydrogen (secondary N) is 1. The lowest BCUT2D eigenvalue weighted by atomic mass is 10.2. The van der Waals surface area contributed by atoms with Gasteiger partial charge in [-0.25, -0.2) is 13.1 Å². The van der Waals surface area contributed by atoms with Crippen LogP contribution in [0.3, 0.4) is 0 Å². The molecule has 0 saturated carbocycles. The zero-order valence-corrected chi connectivity index (χ0v) is 10.4. The van der Waals surface area contributed by atoms with Crippen LogP contribution >= 0.6 is 11.6 Å². The molecule has 0 saturated heterocycles. The fourth-order valence-corrected chi connectivity index (χ4v) is 2.55. The van der Waals surface area contributed by atoms with Gasteiger partial charge in [-0.15, -0.1) is 0 Å². The number of aliphatic hydroxyl groups is 1. The third kappa shape index (κ3) is 2.46. The van der Waals surface area contributed by atoms with Crippen LogP contribution in [0.1, 0.15) is 5.56 Å². The van der Waals surface area contributed by atoms with Crippen molar-refractivity contribution < 1.29 is 18.3 Å². The molecule has 1 aromatic carbocycles. The molecule has 0 aliphatic heterocycles. The lowest BCUT2D eigenvalue weighted by Crippen LogP contribution is -2.19. The molecule has 0 unspecified atom stereocenters. The molecule has 0 radical (unpaired) electrons. The summed E-state index contributed by atoms with van der Waals surface area (Å²) in [5.74, 6) is 0.0984. The molecule has 0 aliphatic carbocycles.